The minimum atomic E-state index is -0.471. The number of rotatable bonds is 0. The molecule has 2 rings (SSSR count). The summed E-state index contributed by atoms with van der Waals surface area (Å²) in [7, 11) is 0. The lowest BCUT2D eigenvalue weighted by molar-refractivity contribution is 0.0563. The van der Waals surface area contributed by atoms with Gasteiger partial charge >= 0.3 is 0 Å². The van der Waals surface area contributed by atoms with Crippen molar-refractivity contribution in [3.63, 3.8) is 0 Å². The Morgan fingerprint density at radius 1 is 1.75 bits per heavy atom. The SMILES string of the molecule is Cl.Nc1cnn2c1OCC(O)C2. The summed E-state index contributed by atoms with van der Waals surface area (Å²) in [6.07, 6.45) is 1.05. The average molecular weight is 192 g/mol. The minimum Gasteiger partial charge on any atom is -0.474 e. The summed E-state index contributed by atoms with van der Waals surface area (Å²) < 4.78 is 6.69. The number of aliphatic hydroxyl groups excluding tert-OH is 1. The predicted octanol–water partition coefficient (Wildman–Crippen LogP) is -0.360. The molecule has 2 heterocycles. The van der Waals surface area contributed by atoms with E-state index in [9.17, 15) is 0 Å². The molecule has 6 heteroatoms. The zero-order chi connectivity index (χ0) is 7.84. The lowest BCUT2D eigenvalue weighted by atomic mass is 10.3. The van der Waals surface area contributed by atoms with Crippen molar-refractivity contribution < 1.29 is 9.84 Å². The topological polar surface area (TPSA) is 73.3 Å². The molecular formula is C6H10ClN3O2. The quantitative estimate of drug-likeness (QED) is 0.588. The molecule has 0 saturated carbocycles. The molecule has 0 amide bonds. The highest BCUT2D eigenvalue weighted by molar-refractivity contribution is 5.85. The number of nitrogen functional groups attached to an aromatic ring is 1. The van der Waals surface area contributed by atoms with Gasteiger partial charge in [0.15, 0.2) is 0 Å². The smallest absolute Gasteiger partial charge is 0.235 e. The van der Waals surface area contributed by atoms with E-state index in [1.807, 2.05) is 0 Å². The number of nitrogens with two attached hydrogens (primary N) is 1. The van der Waals surface area contributed by atoms with E-state index in [-0.39, 0.29) is 12.4 Å². The second kappa shape index (κ2) is 3.20. The number of hydrogen-bond donors (Lipinski definition) is 2. The molecule has 1 unspecified atom stereocenters. The Hall–Kier alpha value is -0.940. The summed E-state index contributed by atoms with van der Waals surface area (Å²) >= 11 is 0. The van der Waals surface area contributed by atoms with E-state index < -0.39 is 6.10 Å². The standard InChI is InChI=1S/C6H9N3O2.ClH/c7-5-1-8-9-2-4(10)3-11-6(5)9;/h1,4,10H,2-3,7H2;1H. The third-order valence-corrected chi connectivity index (χ3v) is 1.61. The van der Waals surface area contributed by atoms with Gasteiger partial charge in [0, 0.05) is 0 Å². The molecule has 0 fully saturated rings. The molecular weight excluding hydrogens is 182 g/mol. The van der Waals surface area contributed by atoms with Gasteiger partial charge < -0.3 is 15.6 Å². The van der Waals surface area contributed by atoms with Crippen LogP contribution < -0.4 is 10.5 Å². The molecule has 5 nitrogen and oxygen atoms in total. The summed E-state index contributed by atoms with van der Waals surface area (Å²) in [5, 5.41) is 13.1. The van der Waals surface area contributed by atoms with Gasteiger partial charge in [0.2, 0.25) is 5.88 Å². The first-order chi connectivity index (χ1) is 5.27. The van der Waals surface area contributed by atoms with Gasteiger partial charge in [-0.25, -0.2) is 4.68 Å². The van der Waals surface area contributed by atoms with Crippen LogP contribution >= 0.6 is 12.4 Å². The van der Waals surface area contributed by atoms with Crippen molar-refractivity contribution >= 4 is 18.1 Å². The van der Waals surface area contributed by atoms with Gasteiger partial charge in [-0.1, -0.05) is 0 Å². The van der Waals surface area contributed by atoms with Crippen LogP contribution in [0.3, 0.4) is 0 Å². The van der Waals surface area contributed by atoms with Crippen molar-refractivity contribution in [2.24, 2.45) is 0 Å². The van der Waals surface area contributed by atoms with Crippen molar-refractivity contribution in [1.29, 1.82) is 0 Å². The maximum atomic E-state index is 9.14. The summed E-state index contributed by atoms with van der Waals surface area (Å²) in [6.45, 7) is 0.766. The zero-order valence-corrected chi connectivity index (χ0v) is 7.12. The highest BCUT2D eigenvalue weighted by Crippen LogP contribution is 2.23. The molecule has 1 aromatic heterocycles. The fraction of sp³-hybridized carbons (Fsp3) is 0.500. The van der Waals surface area contributed by atoms with Crippen LogP contribution in [0.15, 0.2) is 6.20 Å². The predicted molar refractivity (Wildman–Crippen MR) is 45.4 cm³/mol. The van der Waals surface area contributed by atoms with Gasteiger partial charge in [0.05, 0.1) is 12.7 Å². The monoisotopic (exact) mass is 191 g/mol. The zero-order valence-electron chi connectivity index (χ0n) is 6.30. The molecule has 0 saturated heterocycles. The van der Waals surface area contributed by atoms with Gasteiger partial charge in [-0.2, -0.15) is 5.10 Å². The second-order valence-corrected chi connectivity index (χ2v) is 2.55. The third-order valence-electron chi connectivity index (χ3n) is 1.61. The highest BCUT2D eigenvalue weighted by Gasteiger charge is 2.19. The van der Waals surface area contributed by atoms with Crippen LogP contribution in [-0.4, -0.2) is 27.6 Å². The normalized spacial score (nSPS) is 20.6. The molecule has 12 heavy (non-hydrogen) atoms. The molecule has 0 radical (unpaired) electrons. The van der Waals surface area contributed by atoms with Crippen molar-refractivity contribution in [2.75, 3.05) is 12.3 Å². The molecule has 1 aliphatic rings. The molecule has 3 N–H and O–H groups in total. The molecule has 1 aromatic rings. The van der Waals surface area contributed by atoms with Crippen LogP contribution in [-0.2, 0) is 6.54 Å². The Bertz CT molecular complexity index is 276. The second-order valence-electron chi connectivity index (χ2n) is 2.55. The molecule has 0 bridgehead atoms. The number of hydrogen-bond acceptors (Lipinski definition) is 4. The molecule has 0 aliphatic carbocycles. The first-order valence-electron chi connectivity index (χ1n) is 3.39. The number of ether oxygens (including phenoxy) is 1. The number of aliphatic hydroxyl groups is 1. The Labute approximate surface area is 75.5 Å². The number of fused-ring (bicyclic) bond motifs is 1. The van der Waals surface area contributed by atoms with Gasteiger partial charge in [-0.3, -0.25) is 0 Å². The largest absolute Gasteiger partial charge is 0.474 e. The van der Waals surface area contributed by atoms with Crippen LogP contribution in [0.5, 0.6) is 5.88 Å². The Balaban J connectivity index is 0.000000720. The number of anilines is 1. The van der Waals surface area contributed by atoms with E-state index in [4.69, 9.17) is 15.6 Å². The number of nitrogens with zero attached hydrogens (tertiary/aromatic N) is 2. The van der Waals surface area contributed by atoms with Gasteiger partial charge in [-0.15, -0.1) is 12.4 Å². The van der Waals surface area contributed by atoms with Gasteiger partial charge in [0.25, 0.3) is 0 Å². The number of aromatic nitrogens is 2. The maximum Gasteiger partial charge on any atom is 0.235 e. The van der Waals surface area contributed by atoms with E-state index in [1.165, 1.54) is 6.20 Å². The maximum absolute atomic E-state index is 9.14. The molecule has 1 aliphatic heterocycles. The lowest BCUT2D eigenvalue weighted by Gasteiger charge is -2.19. The van der Waals surface area contributed by atoms with E-state index in [0.717, 1.165) is 0 Å². The van der Waals surface area contributed by atoms with E-state index in [1.54, 1.807) is 4.68 Å². The van der Waals surface area contributed by atoms with Crippen LogP contribution in [0.4, 0.5) is 5.69 Å². The van der Waals surface area contributed by atoms with Gasteiger partial charge in [0.1, 0.15) is 18.4 Å². The van der Waals surface area contributed by atoms with Crippen LogP contribution in [0.2, 0.25) is 0 Å². The fourth-order valence-corrected chi connectivity index (χ4v) is 1.10. The Kier molecular flexibility index (Phi) is 2.44. The van der Waals surface area contributed by atoms with Gasteiger partial charge in [-0.05, 0) is 0 Å². The van der Waals surface area contributed by atoms with Crippen LogP contribution in [0.1, 0.15) is 0 Å². The van der Waals surface area contributed by atoms with Crippen LogP contribution in [0.25, 0.3) is 0 Å². The minimum absolute atomic E-state index is 0. The first-order valence-corrected chi connectivity index (χ1v) is 3.39. The molecule has 0 aromatic carbocycles. The van der Waals surface area contributed by atoms with E-state index in [0.29, 0.717) is 24.7 Å². The van der Waals surface area contributed by atoms with Crippen molar-refractivity contribution in [2.45, 2.75) is 12.6 Å². The molecule has 1 atom stereocenters. The molecule has 68 valence electrons. The summed E-state index contributed by atoms with van der Waals surface area (Å²) in [5.74, 6) is 0.565. The number of halogens is 1. The fourth-order valence-electron chi connectivity index (χ4n) is 1.10. The molecule has 0 spiro atoms. The van der Waals surface area contributed by atoms with Crippen molar-refractivity contribution in [1.82, 2.24) is 9.78 Å². The lowest BCUT2D eigenvalue weighted by Crippen LogP contribution is -2.30. The highest BCUT2D eigenvalue weighted by atomic mass is 35.5. The Morgan fingerprint density at radius 3 is 3.25 bits per heavy atom. The summed E-state index contributed by atoms with van der Waals surface area (Å²) in [6, 6.07) is 0. The van der Waals surface area contributed by atoms with Crippen molar-refractivity contribution in [3.8, 4) is 5.88 Å². The average Bonchev–Trinajstić information content (AvgIpc) is 2.32. The third kappa shape index (κ3) is 1.33. The summed E-state index contributed by atoms with van der Waals surface area (Å²) in [4.78, 5) is 0. The van der Waals surface area contributed by atoms with Crippen LogP contribution in [0, 0.1) is 0 Å². The van der Waals surface area contributed by atoms with Crippen molar-refractivity contribution in [3.05, 3.63) is 6.20 Å². The Morgan fingerprint density at radius 2 is 2.50 bits per heavy atom. The van der Waals surface area contributed by atoms with E-state index in [2.05, 4.69) is 5.10 Å². The summed E-state index contributed by atoms with van der Waals surface area (Å²) in [5.41, 5.74) is 6.04. The van der Waals surface area contributed by atoms with E-state index >= 15 is 0 Å². The first kappa shape index (κ1) is 9.15.